The predicted molar refractivity (Wildman–Crippen MR) is 177 cm³/mol. The van der Waals surface area contributed by atoms with E-state index in [1.165, 1.54) is 23.3 Å². The molecule has 244 valence electrons. The number of nitrogens with zero attached hydrogens (tertiary/aromatic N) is 3. The number of carbonyl (C=O) groups excluding carboxylic acids is 1. The summed E-state index contributed by atoms with van der Waals surface area (Å²) in [5.41, 5.74) is 19.8. The van der Waals surface area contributed by atoms with E-state index in [0.29, 0.717) is 18.7 Å². The lowest BCUT2D eigenvalue weighted by molar-refractivity contribution is 0.0972. The number of aliphatic imine (C=N–C) groups is 1. The molecule has 0 radical (unpaired) electrons. The van der Waals surface area contributed by atoms with Crippen molar-refractivity contribution in [3.05, 3.63) is 70.0 Å². The van der Waals surface area contributed by atoms with Gasteiger partial charge in [-0.1, -0.05) is 41.9 Å². The van der Waals surface area contributed by atoms with Crippen LogP contribution in [0.3, 0.4) is 0 Å². The van der Waals surface area contributed by atoms with Crippen LogP contribution in [-0.4, -0.2) is 66.4 Å². The number of nitrogen functional groups attached to an aromatic ring is 2. The number of phenols is 1. The lowest BCUT2D eigenvalue weighted by atomic mass is 10.0. The average molecular weight is 662 g/mol. The van der Waals surface area contributed by atoms with Gasteiger partial charge in [-0.3, -0.25) is 19.8 Å². The maximum atomic E-state index is 12.3. The van der Waals surface area contributed by atoms with Gasteiger partial charge in [-0.25, -0.2) is 18.4 Å². The van der Waals surface area contributed by atoms with E-state index in [1.807, 2.05) is 0 Å². The Labute approximate surface area is 267 Å². The van der Waals surface area contributed by atoms with Crippen LogP contribution >= 0.6 is 11.6 Å². The first-order chi connectivity index (χ1) is 21.3. The summed E-state index contributed by atoms with van der Waals surface area (Å²) in [6.07, 6.45) is 5.53. The Morgan fingerprint density at radius 3 is 2.29 bits per heavy atom. The van der Waals surface area contributed by atoms with E-state index in [0.717, 1.165) is 51.3 Å². The number of halogens is 1. The number of phenolic OH excluding ortho intramolecular Hbond substituents is 1. The van der Waals surface area contributed by atoms with Crippen LogP contribution in [0.2, 0.25) is 5.15 Å². The van der Waals surface area contributed by atoms with E-state index < -0.39 is 22.0 Å². The number of rotatable bonds is 16. The molecule has 1 aromatic heterocycles. The van der Waals surface area contributed by atoms with Crippen LogP contribution in [0.4, 0.5) is 17.3 Å². The Balaban J connectivity index is 1.29. The summed E-state index contributed by atoms with van der Waals surface area (Å²) < 4.78 is 25.2. The number of hydrogen-bond acceptors (Lipinski definition) is 11. The first-order valence-electron chi connectivity index (χ1n) is 14.3. The SMILES string of the molecule is CS(=O)(=O)Nc1cc(C(O)CNCCCCc2ccc(CCCCN=C(N)NC(=O)c3nc(Cl)c(N)nc3N)cc2)ccc1O. The molecule has 0 bridgehead atoms. The summed E-state index contributed by atoms with van der Waals surface area (Å²) in [5, 5.41) is 25.8. The molecule has 1 atom stereocenters. The summed E-state index contributed by atoms with van der Waals surface area (Å²) in [5.74, 6) is -1.17. The van der Waals surface area contributed by atoms with Crippen LogP contribution in [0.15, 0.2) is 47.5 Å². The number of nitrogens with two attached hydrogens (primary N) is 3. The Morgan fingerprint density at radius 2 is 1.64 bits per heavy atom. The van der Waals surface area contributed by atoms with E-state index >= 15 is 0 Å². The van der Waals surface area contributed by atoms with Crippen LogP contribution in [0, 0.1) is 0 Å². The summed E-state index contributed by atoms with van der Waals surface area (Å²) in [7, 11) is -3.55. The minimum absolute atomic E-state index is 0.0302. The fraction of sp³-hybridized carbons (Fsp3) is 0.379. The molecule has 1 unspecified atom stereocenters. The second kappa shape index (κ2) is 16.8. The highest BCUT2D eigenvalue weighted by Crippen LogP contribution is 2.27. The van der Waals surface area contributed by atoms with Crippen molar-refractivity contribution in [2.24, 2.45) is 10.7 Å². The lowest BCUT2D eigenvalue weighted by Crippen LogP contribution is -2.38. The van der Waals surface area contributed by atoms with E-state index in [4.69, 9.17) is 28.8 Å². The van der Waals surface area contributed by atoms with Gasteiger partial charge in [-0.05, 0) is 73.9 Å². The summed E-state index contributed by atoms with van der Waals surface area (Å²) >= 11 is 5.80. The van der Waals surface area contributed by atoms with Gasteiger partial charge in [-0.2, -0.15) is 0 Å². The minimum atomic E-state index is -3.55. The maximum absolute atomic E-state index is 12.3. The Kier molecular flexibility index (Phi) is 13.2. The van der Waals surface area contributed by atoms with E-state index in [9.17, 15) is 23.4 Å². The van der Waals surface area contributed by atoms with E-state index in [-0.39, 0.29) is 39.9 Å². The smallest absolute Gasteiger partial charge is 0.280 e. The van der Waals surface area contributed by atoms with Crippen LogP contribution < -0.4 is 32.6 Å². The van der Waals surface area contributed by atoms with Crippen molar-refractivity contribution >= 4 is 50.8 Å². The monoisotopic (exact) mass is 661 g/mol. The number of hydrogen-bond donors (Lipinski definition) is 8. The number of amides is 1. The van der Waals surface area contributed by atoms with Crippen molar-refractivity contribution in [1.29, 1.82) is 0 Å². The molecule has 0 saturated heterocycles. The number of aliphatic hydroxyl groups excluding tert-OH is 1. The molecule has 0 saturated carbocycles. The molecule has 45 heavy (non-hydrogen) atoms. The molecule has 3 aromatic rings. The average Bonchev–Trinajstić information content (AvgIpc) is 2.97. The quantitative estimate of drug-likeness (QED) is 0.0478. The van der Waals surface area contributed by atoms with Gasteiger partial charge in [0.2, 0.25) is 10.0 Å². The zero-order valence-corrected chi connectivity index (χ0v) is 26.5. The van der Waals surface area contributed by atoms with Gasteiger partial charge >= 0.3 is 0 Å². The molecule has 1 amide bonds. The zero-order chi connectivity index (χ0) is 33.0. The number of aromatic nitrogens is 2. The van der Waals surface area contributed by atoms with Crippen molar-refractivity contribution < 1.29 is 23.4 Å². The van der Waals surface area contributed by atoms with Gasteiger partial charge in [0.05, 0.1) is 18.0 Å². The van der Waals surface area contributed by atoms with Gasteiger partial charge in [0.1, 0.15) is 5.75 Å². The Morgan fingerprint density at radius 1 is 1.00 bits per heavy atom. The number of unbranched alkanes of at least 4 members (excludes halogenated alkanes) is 2. The van der Waals surface area contributed by atoms with Crippen molar-refractivity contribution in [3.8, 4) is 5.75 Å². The fourth-order valence-corrected chi connectivity index (χ4v) is 5.00. The van der Waals surface area contributed by atoms with Gasteiger partial charge < -0.3 is 32.7 Å². The zero-order valence-electron chi connectivity index (χ0n) is 25.0. The van der Waals surface area contributed by atoms with Crippen molar-refractivity contribution in [2.75, 3.05) is 42.1 Å². The summed E-state index contributed by atoms with van der Waals surface area (Å²) in [6, 6.07) is 12.8. The fourth-order valence-electron chi connectivity index (χ4n) is 4.31. The number of aromatic hydroxyl groups is 1. The molecule has 14 nitrogen and oxygen atoms in total. The highest BCUT2D eigenvalue weighted by molar-refractivity contribution is 7.92. The minimum Gasteiger partial charge on any atom is -0.506 e. The van der Waals surface area contributed by atoms with Crippen LogP contribution in [0.1, 0.15) is 59.0 Å². The molecular weight excluding hydrogens is 622 g/mol. The molecule has 0 aliphatic heterocycles. The van der Waals surface area contributed by atoms with Crippen LogP contribution in [0.5, 0.6) is 5.75 Å². The molecule has 0 aliphatic rings. The van der Waals surface area contributed by atoms with E-state index in [1.54, 1.807) is 6.07 Å². The van der Waals surface area contributed by atoms with Crippen molar-refractivity contribution in [1.82, 2.24) is 20.6 Å². The number of guanidine groups is 1. The number of aliphatic hydroxyl groups is 1. The largest absolute Gasteiger partial charge is 0.506 e. The third-order valence-corrected chi connectivity index (χ3v) is 7.52. The molecular formula is C29H40ClN9O5S. The summed E-state index contributed by atoms with van der Waals surface area (Å²) in [6.45, 7) is 1.46. The molecule has 2 aromatic carbocycles. The molecule has 16 heteroatoms. The third-order valence-electron chi connectivity index (χ3n) is 6.65. The first kappa shape index (κ1) is 35.3. The van der Waals surface area contributed by atoms with Gasteiger partial charge in [0.25, 0.3) is 5.91 Å². The third kappa shape index (κ3) is 12.0. The van der Waals surface area contributed by atoms with Gasteiger partial charge in [-0.15, -0.1) is 0 Å². The highest BCUT2D eigenvalue weighted by atomic mass is 35.5. The number of carbonyl (C=O) groups is 1. The molecule has 0 spiro atoms. The highest BCUT2D eigenvalue weighted by Gasteiger charge is 2.17. The van der Waals surface area contributed by atoms with Gasteiger partial charge in [0, 0.05) is 13.1 Å². The van der Waals surface area contributed by atoms with E-state index in [2.05, 4.69) is 54.6 Å². The first-order valence-corrected chi connectivity index (χ1v) is 16.6. The van der Waals surface area contributed by atoms with Crippen molar-refractivity contribution in [3.63, 3.8) is 0 Å². The predicted octanol–water partition coefficient (Wildman–Crippen LogP) is 2.08. The van der Waals surface area contributed by atoms with Crippen LogP contribution in [-0.2, 0) is 22.9 Å². The van der Waals surface area contributed by atoms with Crippen molar-refractivity contribution in [2.45, 2.75) is 44.6 Å². The Hall–Kier alpha value is -4.18. The second-order valence-corrected chi connectivity index (χ2v) is 12.6. The molecule has 0 aliphatic carbocycles. The maximum Gasteiger partial charge on any atom is 0.280 e. The topological polar surface area (TPSA) is 244 Å². The lowest BCUT2D eigenvalue weighted by Gasteiger charge is -2.15. The number of anilines is 3. The number of nitrogens with one attached hydrogen (secondary N) is 3. The number of sulfonamides is 1. The normalized spacial score (nSPS) is 12.6. The van der Waals surface area contributed by atoms with Crippen LogP contribution in [0.25, 0.3) is 0 Å². The number of benzene rings is 2. The summed E-state index contributed by atoms with van der Waals surface area (Å²) in [4.78, 5) is 24.0. The number of aryl methyl sites for hydroxylation is 2. The second-order valence-electron chi connectivity index (χ2n) is 10.5. The molecule has 3 rings (SSSR count). The molecule has 1 heterocycles. The Bertz CT molecular complexity index is 1590. The molecule has 11 N–H and O–H groups in total. The standard InChI is InChI=1S/C29H40ClN9O5S/c1-45(43,44)39-21-16-20(12-13-22(21)40)23(41)17-34-14-4-2-6-18-8-10-19(11-9-18)7-3-5-15-35-29(33)38-28(42)24-26(31)37-27(32)25(30)36-24/h8-13,16,23,34,39-41H,2-7,14-15,17H2,1H3,(H4,31,32,37)(H3,33,35,38,42). The van der Waals surface area contributed by atoms with Gasteiger partial charge in [0.15, 0.2) is 28.4 Å². The molecule has 0 fully saturated rings.